The number of nitriles is 1. The first-order valence-corrected chi connectivity index (χ1v) is 5.69. The molecule has 1 aliphatic carbocycles. The summed E-state index contributed by atoms with van der Waals surface area (Å²) in [5, 5.41) is 17.4. The zero-order chi connectivity index (χ0) is 13.2. The maximum absolute atomic E-state index is 13.5. The highest BCUT2D eigenvalue weighted by Gasteiger charge is 2.43. The Morgan fingerprint density at radius 1 is 1.33 bits per heavy atom. The maximum atomic E-state index is 13.5. The predicted octanol–water partition coefficient (Wildman–Crippen LogP) is 2.53. The Morgan fingerprint density at radius 3 is 2.39 bits per heavy atom. The minimum Gasteiger partial charge on any atom is -0.487 e. The minimum atomic E-state index is -0.827. The molecule has 2 rings (SSSR count). The molecule has 0 atom stereocenters. The second-order valence-corrected chi connectivity index (χ2v) is 4.67. The van der Waals surface area contributed by atoms with Crippen LogP contribution < -0.4 is 4.74 Å². The van der Waals surface area contributed by atoms with Gasteiger partial charge in [0.1, 0.15) is 0 Å². The number of hydrogen-bond donors (Lipinski definition) is 1. The number of aliphatic hydroxyl groups is 1. The third kappa shape index (κ3) is 2.59. The van der Waals surface area contributed by atoms with Gasteiger partial charge in [0, 0.05) is 11.8 Å². The summed E-state index contributed by atoms with van der Waals surface area (Å²) in [5.41, 5.74) is -0.0703. The highest BCUT2D eigenvalue weighted by molar-refractivity contribution is 5.31. The van der Waals surface area contributed by atoms with Crippen molar-refractivity contribution in [2.45, 2.75) is 25.9 Å². The van der Waals surface area contributed by atoms with Gasteiger partial charge in [0.05, 0.1) is 19.3 Å². The summed E-state index contributed by atoms with van der Waals surface area (Å²) in [6, 6.07) is 4.14. The zero-order valence-electron chi connectivity index (χ0n) is 9.75. The van der Waals surface area contributed by atoms with Gasteiger partial charge in [-0.25, -0.2) is 8.78 Å². The molecule has 1 fully saturated rings. The van der Waals surface area contributed by atoms with Crippen molar-refractivity contribution in [2.24, 2.45) is 5.41 Å². The molecule has 0 amide bonds. The molecule has 0 bridgehead atoms. The van der Waals surface area contributed by atoms with Crippen molar-refractivity contribution < 1.29 is 18.6 Å². The van der Waals surface area contributed by atoms with Crippen LogP contribution in [0, 0.1) is 28.4 Å². The summed E-state index contributed by atoms with van der Waals surface area (Å²) in [6.45, 7) is -0.278. The van der Waals surface area contributed by atoms with Gasteiger partial charge >= 0.3 is 0 Å². The molecule has 0 heterocycles. The molecule has 1 saturated carbocycles. The van der Waals surface area contributed by atoms with Crippen molar-refractivity contribution >= 4 is 0 Å². The number of hydrogen-bond acceptors (Lipinski definition) is 3. The van der Waals surface area contributed by atoms with E-state index in [2.05, 4.69) is 6.07 Å². The van der Waals surface area contributed by atoms with Crippen molar-refractivity contribution in [1.29, 1.82) is 5.26 Å². The van der Waals surface area contributed by atoms with Crippen LogP contribution in [0.4, 0.5) is 8.78 Å². The Labute approximate surface area is 104 Å². The fourth-order valence-corrected chi connectivity index (χ4v) is 1.78. The van der Waals surface area contributed by atoms with Crippen LogP contribution in [0.1, 0.15) is 24.8 Å². The van der Waals surface area contributed by atoms with E-state index < -0.39 is 24.0 Å². The van der Waals surface area contributed by atoms with Gasteiger partial charge in [0.25, 0.3) is 0 Å². The SMILES string of the molecule is N#CCC1(COc2c(F)cc(CO)cc2F)CC1. The number of nitrogens with zero attached hydrogens (tertiary/aromatic N) is 1. The van der Waals surface area contributed by atoms with E-state index in [0.29, 0.717) is 6.42 Å². The third-order valence-electron chi connectivity index (χ3n) is 3.17. The topological polar surface area (TPSA) is 53.2 Å². The predicted molar refractivity (Wildman–Crippen MR) is 59.7 cm³/mol. The van der Waals surface area contributed by atoms with Gasteiger partial charge in [-0.1, -0.05) is 0 Å². The van der Waals surface area contributed by atoms with E-state index in [-0.39, 0.29) is 17.6 Å². The van der Waals surface area contributed by atoms with Crippen LogP contribution in [0.2, 0.25) is 0 Å². The maximum Gasteiger partial charge on any atom is 0.190 e. The second-order valence-electron chi connectivity index (χ2n) is 4.67. The number of ether oxygens (including phenoxy) is 1. The second kappa shape index (κ2) is 4.91. The molecule has 0 unspecified atom stereocenters. The molecule has 0 radical (unpaired) electrons. The van der Waals surface area contributed by atoms with Crippen LogP contribution in [0.25, 0.3) is 0 Å². The highest BCUT2D eigenvalue weighted by Crippen LogP contribution is 2.48. The van der Waals surface area contributed by atoms with E-state index in [1.165, 1.54) is 0 Å². The Kier molecular flexibility index (Phi) is 3.48. The molecule has 1 aliphatic rings. The molecule has 18 heavy (non-hydrogen) atoms. The molecular weight excluding hydrogens is 240 g/mol. The number of rotatable bonds is 5. The third-order valence-corrected chi connectivity index (χ3v) is 3.17. The first-order valence-electron chi connectivity index (χ1n) is 5.69. The van der Waals surface area contributed by atoms with Crippen LogP contribution in [0.5, 0.6) is 5.75 Å². The van der Waals surface area contributed by atoms with E-state index in [1.807, 2.05) is 0 Å². The Hall–Kier alpha value is -1.67. The Balaban J connectivity index is 2.08. The Morgan fingerprint density at radius 2 is 1.94 bits per heavy atom. The zero-order valence-corrected chi connectivity index (χ0v) is 9.75. The van der Waals surface area contributed by atoms with Crippen LogP contribution in [0.15, 0.2) is 12.1 Å². The lowest BCUT2D eigenvalue weighted by Crippen LogP contribution is -2.14. The molecule has 5 heteroatoms. The van der Waals surface area contributed by atoms with Crippen molar-refractivity contribution in [3.05, 3.63) is 29.3 Å². The molecule has 3 nitrogen and oxygen atoms in total. The van der Waals surface area contributed by atoms with Gasteiger partial charge in [-0.2, -0.15) is 5.26 Å². The molecule has 1 aromatic carbocycles. The fourth-order valence-electron chi connectivity index (χ4n) is 1.78. The van der Waals surface area contributed by atoms with E-state index >= 15 is 0 Å². The monoisotopic (exact) mass is 253 g/mol. The van der Waals surface area contributed by atoms with Gasteiger partial charge in [0.15, 0.2) is 17.4 Å². The van der Waals surface area contributed by atoms with E-state index in [9.17, 15) is 8.78 Å². The Bertz CT molecular complexity index is 469. The van der Waals surface area contributed by atoms with Gasteiger partial charge in [-0.05, 0) is 30.5 Å². The van der Waals surface area contributed by atoms with Gasteiger partial charge in [-0.3, -0.25) is 0 Å². The quantitative estimate of drug-likeness (QED) is 0.877. The van der Waals surface area contributed by atoms with Gasteiger partial charge in [0.2, 0.25) is 0 Å². The smallest absolute Gasteiger partial charge is 0.190 e. The molecule has 0 spiro atoms. The normalized spacial score (nSPS) is 16.1. The molecular formula is C13H13F2NO2. The molecule has 0 aliphatic heterocycles. The minimum absolute atomic E-state index is 0.146. The summed E-state index contributed by atoms with van der Waals surface area (Å²) in [7, 11) is 0. The summed E-state index contributed by atoms with van der Waals surface area (Å²) < 4.78 is 32.2. The van der Waals surface area contributed by atoms with E-state index in [1.54, 1.807) is 0 Å². The first kappa shape index (κ1) is 12.8. The van der Waals surface area contributed by atoms with E-state index in [4.69, 9.17) is 15.1 Å². The van der Waals surface area contributed by atoms with Crippen molar-refractivity contribution in [2.75, 3.05) is 6.61 Å². The van der Waals surface area contributed by atoms with Crippen LogP contribution in [-0.2, 0) is 6.61 Å². The number of benzene rings is 1. The molecule has 1 N–H and O–H groups in total. The van der Waals surface area contributed by atoms with Crippen LogP contribution in [-0.4, -0.2) is 11.7 Å². The number of aliphatic hydroxyl groups excluding tert-OH is 1. The lowest BCUT2D eigenvalue weighted by molar-refractivity contribution is 0.217. The first-order chi connectivity index (χ1) is 8.60. The summed E-state index contributed by atoms with van der Waals surface area (Å²) in [4.78, 5) is 0. The average molecular weight is 253 g/mol. The lowest BCUT2D eigenvalue weighted by atomic mass is 10.1. The van der Waals surface area contributed by atoms with Crippen LogP contribution in [0.3, 0.4) is 0 Å². The highest BCUT2D eigenvalue weighted by atomic mass is 19.1. The van der Waals surface area contributed by atoms with Crippen LogP contribution >= 0.6 is 0 Å². The molecule has 1 aromatic rings. The van der Waals surface area contributed by atoms with Gasteiger partial charge in [-0.15, -0.1) is 0 Å². The van der Waals surface area contributed by atoms with E-state index in [0.717, 1.165) is 25.0 Å². The summed E-state index contributed by atoms with van der Waals surface area (Å²) in [6.07, 6.45) is 2.03. The summed E-state index contributed by atoms with van der Waals surface area (Å²) in [5.74, 6) is -2.09. The number of halogens is 2. The largest absolute Gasteiger partial charge is 0.487 e. The van der Waals surface area contributed by atoms with Crippen molar-refractivity contribution in [3.8, 4) is 11.8 Å². The molecule has 0 saturated heterocycles. The standard InChI is InChI=1S/C13H13F2NO2/c14-10-5-9(7-17)6-11(15)12(10)18-8-13(1-2-13)3-4-16/h5-6,17H,1-3,7-8H2. The van der Waals surface area contributed by atoms with Crippen molar-refractivity contribution in [3.63, 3.8) is 0 Å². The average Bonchev–Trinajstić information content (AvgIpc) is 3.08. The molecule has 0 aromatic heterocycles. The van der Waals surface area contributed by atoms with Crippen molar-refractivity contribution in [1.82, 2.24) is 0 Å². The molecule has 96 valence electrons. The summed E-state index contributed by atoms with van der Waals surface area (Å²) >= 11 is 0. The van der Waals surface area contributed by atoms with Gasteiger partial charge < -0.3 is 9.84 Å². The fraction of sp³-hybridized carbons (Fsp3) is 0.462. The lowest BCUT2D eigenvalue weighted by Gasteiger charge is -2.14.